The average molecular weight is 358 g/mol. The number of nitrogens with zero attached hydrogens (tertiary/aromatic N) is 2. The van der Waals surface area contributed by atoms with Crippen LogP contribution in [0, 0.1) is 6.92 Å². The van der Waals surface area contributed by atoms with E-state index >= 15 is 0 Å². The lowest BCUT2D eigenvalue weighted by molar-refractivity contribution is 0.102. The molecule has 25 heavy (non-hydrogen) atoms. The maximum absolute atomic E-state index is 12.2. The molecule has 0 fully saturated rings. The fourth-order valence-electron chi connectivity index (χ4n) is 2.19. The van der Waals surface area contributed by atoms with E-state index in [0.29, 0.717) is 16.5 Å². The van der Waals surface area contributed by atoms with Crippen molar-refractivity contribution < 1.29 is 14.6 Å². The van der Waals surface area contributed by atoms with Crippen molar-refractivity contribution >= 4 is 23.2 Å². The van der Waals surface area contributed by atoms with Gasteiger partial charge in [-0.05, 0) is 42.8 Å². The number of aromatic nitrogens is 2. The maximum atomic E-state index is 12.2. The van der Waals surface area contributed by atoms with Gasteiger partial charge >= 0.3 is 0 Å². The third-order valence-corrected chi connectivity index (χ3v) is 3.73. The quantitative estimate of drug-likeness (QED) is 0.727. The zero-order chi connectivity index (χ0) is 17.8. The summed E-state index contributed by atoms with van der Waals surface area (Å²) in [5.41, 5.74) is 1.76. The normalized spacial score (nSPS) is 10.5. The number of aromatic hydroxyl groups is 1. The maximum Gasteiger partial charge on any atom is 0.276 e. The number of phenolic OH excluding ortho intramolecular Hbond substituents is 1. The first-order chi connectivity index (χ1) is 12.0. The zero-order valence-electron chi connectivity index (χ0n) is 13.4. The molecule has 0 unspecified atom stereocenters. The number of carbonyl (C=O) groups is 1. The number of rotatable bonds is 5. The summed E-state index contributed by atoms with van der Waals surface area (Å²) in [5, 5.41) is 16.8. The second kappa shape index (κ2) is 7.27. The molecule has 0 atom stereocenters. The molecule has 6 nitrogen and oxygen atoms in total. The molecule has 0 aliphatic rings. The number of hydrogen-bond acceptors (Lipinski definition) is 4. The Labute approximate surface area is 149 Å². The number of halogens is 1. The van der Waals surface area contributed by atoms with E-state index in [0.717, 1.165) is 5.56 Å². The van der Waals surface area contributed by atoms with Crippen LogP contribution in [0.15, 0.2) is 54.7 Å². The number of amides is 1. The number of phenols is 1. The fraction of sp³-hybridized carbons (Fsp3) is 0.111. The van der Waals surface area contributed by atoms with Crippen LogP contribution in [0.2, 0.25) is 5.02 Å². The van der Waals surface area contributed by atoms with Crippen molar-refractivity contribution in [2.24, 2.45) is 0 Å². The predicted molar refractivity (Wildman–Crippen MR) is 95.1 cm³/mol. The van der Waals surface area contributed by atoms with Crippen molar-refractivity contribution in [1.29, 1.82) is 0 Å². The van der Waals surface area contributed by atoms with Crippen LogP contribution in [0.1, 0.15) is 16.1 Å². The van der Waals surface area contributed by atoms with Gasteiger partial charge in [-0.2, -0.15) is 5.10 Å². The van der Waals surface area contributed by atoms with Crippen molar-refractivity contribution in [3.05, 3.63) is 71.0 Å². The molecule has 0 aliphatic carbocycles. The van der Waals surface area contributed by atoms with E-state index in [2.05, 4.69) is 10.4 Å². The molecule has 1 aromatic heterocycles. The van der Waals surface area contributed by atoms with Gasteiger partial charge in [0.2, 0.25) is 0 Å². The van der Waals surface area contributed by atoms with Crippen LogP contribution in [-0.4, -0.2) is 20.8 Å². The lowest BCUT2D eigenvalue weighted by Crippen LogP contribution is -2.14. The molecule has 0 aliphatic heterocycles. The Hall–Kier alpha value is -2.99. The Bertz CT molecular complexity index is 908. The van der Waals surface area contributed by atoms with E-state index in [1.807, 2.05) is 19.1 Å². The molecule has 2 aromatic carbocycles. The van der Waals surface area contributed by atoms with Crippen LogP contribution in [-0.2, 0) is 6.73 Å². The third kappa shape index (κ3) is 4.30. The highest BCUT2D eigenvalue weighted by atomic mass is 35.5. The van der Waals surface area contributed by atoms with Crippen LogP contribution >= 0.6 is 11.6 Å². The van der Waals surface area contributed by atoms with Gasteiger partial charge in [0.15, 0.2) is 12.4 Å². The van der Waals surface area contributed by atoms with Crippen LogP contribution in [0.25, 0.3) is 0 Å². The van der Waals surface area contributed by atoms with Gasteiger partial charge in [-0.25, -0.2) is 4.68 Å². The van der Waals surface area contributed by atoms with Gasteiger partial charge in [0, 0.05) is 18.0 Å². The number of aryl methyl sites for hydroxylation is 1. The second-order valence-corrected chi connectivity index (χ2v) is 5.86. The Morgan fingerprint density at radius 1 is 1.28 bits per heavy atom. The summed E-state index contributed by atoms with van der Waals surface area (Å²) < 4.78 is 7.13. The minimum atomic E-state index is -0.377. The standard InChI is InChI=1S/C18H16ClN3O3/c1-12-5-6-15(19)17(9-12)25-11-22-8-7-16(21-22)18(24)20-13-3-2-4-14(23)10-13/h2-10,23H,11H2,1H3,(H,20,24). The van der Waals surface area contributed by atoms with Gasteiger partial charge in [-0.1, -0.05) is 23.7 Å². The monoisotopic (exact) mass is 357 g/mol. The van der Waals surface area contributed by atoms with Crippen molar-refractivity contribution in [2.45, 2.75) is 13.7 Å². The Morgan fingerprint density at radius 2 is 2.12 bits per heavy atom. The summed E-state index contributed by atoms with van der Waals surface area (Å²) in [5.74, 6) is 0.257. The summed E-state index contributed by atoms with van der Waals surface area (Å²) in [7, 11) is 0. The summed E-state index contributed by atoms with van der Waals surface area (Å²) in [4.78, 5) is 12.2. The van der Waals surface area contributed by atoms with Crippen LogP contribution in [0.4, 0.5) is 5.69 Å². The van der Waals surface area contributed by atoms with Crippen molar-refractivity contribution in [3.8, 4) is 11.5 Å². The molecule has 128 valence electrons. The molecule has 0 spiro atoms. The number of hydrogen-bond donors (Lipinski definition) is 2. The number of carbonyl (C=O) groups excluding carboxylic acids is 1. The molecule has 7 heteroatoms. The van der Waals surface area contributed by atoms with E-state index in [1.165, 1.54) is 16.8 Å². The van der Waals surface area contributed by atoms with Crippen molar-refractivity contribution in [2.75, 3.05) is 5.32 Å². The Balaban J connectivity index is 1.63. The summed E-state index contributed by atoms with van der Waals surface area (Å²) in [6, 6.07) is 13.4. The smallest absolute Gasteiger partial charge is 0.276 e. The first kappa shape index (κ1) is 16.9. The highest BCUT2D eigenvalue weighted by Gasteiger charge is 2.11. The fourth-order valence-corrected chi connectivity index (χ4v) is 2.36. The summed E-state index contributed by atoms with van der Waals surface area (Å²) in [6.45, 7) is 2.07. The van der Waals surface area contributed by atoms with Gasteiger partial charge < -0.3 is 15.2 Å². The minimum Gasteiger partial charge on any atom is -0.508 e. The third-order valence-electron chi connectivity index (χ3n) is 3.42. The summed E-state index contributed by atoms with van der Waals surface area (Å²) in [6.07, 6.45) is 1.64. The first-order valence-corrected chi connectivity index (χ1v) is 7.92. The number of anilines is 1. The molecule has 2 N–H and O–H groups in total. The predicted octanol–water partition coefficient (Wildman–Crippen LogP) is 3.84. The molecule has 1 heterocycles. The minimum absolute atomic E-state index is 0.0757. The molecule has 0 saturated carbocycles. The highest BCUT2D eigenvalue weighted by molar-refractivity contribution is 6.32. The zero-order valence-corrected chi connectivity index (χ0v) is 14.2. The topological polar surface area (TPSA) is 76.4 Å². The van der Waals surface area contributed by atoms with Crippen molar-refractivity contribution in [1.82, 2.24) is 9.78 Å². The van der Waals surface area contributed by atoms with Gasteiger partial charge in [0.25, 0.3) is 5.91 Å². The molecule has 3 aromatic rings. The molecule has 1 amide bonds. The number of benzene rings is 2. The number of ether oxygens (including phenoxy) is 1. The first-order valence-electron chi connectivity index (χ1n) is 7.54. The Morgan fingerprint density at radius 3 is 2.92 bits per heavy atom. The Kier molecular flexibility index (Phi) is 4.90. The molecular weight excluding hydrogens is 342 g/mol. The molecule has 0 saturated heterocycles. The van der Waals surface area contributed by atoms with Gasteiger partial charge in [-0.15, -0.1) is 0 Å². The average Bonchev–Trinajstić information content (AvgIpc) is 3.05. The van der Waals surface area contributed by atoms with E-state index in [4.69, 9.17) is 16.3 Å². The lowest BCUT2D eigenvalue weighted by atomic mass is 10.2. The molecule has 3 rings (SSSR count). The van der Waals surface area contributed by atoms with E-state index in [-0.39, 0.29) is 24.1 Å². The molecule has 0 radical (unpaired) electrons. The second-order valence-electron chi connectivity index (χ2n) is 5.45. The van der Waals surface area contributed by atoms with E-state index < -0.39 is 0 Å². The molecular formula is C18H16ClN3O3. The number of nitrogens with one attached hydrogen (secondary N) is 1. The van der Waals surface area contributed by atoms with Crippen LogP contribution < -0.4 is 10.1 Å². The lowest BCUT2D eigenvalue weighted by Gasteiger charge is -2.08. The van der Waals surface area contributed by atoms with Gasteiger partial charge in [0.05, 0.1) is 5.02 Å². The highest BCUT2D eigenvalue weighted by Crippen LogP contribution is 2.25. The largest absolute Gasteiger partial charge is 0.508 e. The van der Waals surface area contributed by atoms with E-state index in [1.54, 1.807) is 30.5 Å². The van der Waals surface area contributed by atoms with E-state index in [9.17, 15) is 9.90 Å². The van der Waals surface area contributed by atoms with Crippen LogP contribution in [0.3, 0.4) is 0 Å². The molecule has 0 bridgehead atoms. The summed E-state index contributed by atoms with van der Waals surface area (Å²) >= 11 is 6.08. The van der Waals surface area contributed by atoms with Gasteiger partial charge in [-0.3, -0.25) is 4.79 Å². The van der Waals surface area contributed by atoms with Gasteiger partial charge in [0.1, 0.15) is 11.5 Å². The van der Waals surface area contributed by atoms with Crippen LogP contribution in [0.5, 0.6) is 11.5 Å². The van der Waals surface area contributed by atoms with Crippen molar-refractivity contribution in [3.63, 3.8) is 0 Å². The SMILES string of the molecule is Cc1ccc(Cl)c(OCn2ccc(C(=O)Nc3cccc(O)c3)n2)c1.